The zero-order valence-electron chi connectivity index (χ0n) is 15.6. The van der Waals surface area contributed by atoms with E-state index in [0.717, 1.165) is 45.1 Å². The van der Waals surface area contributed by atoms with Gasteiger partial charge in [0.25, 0.3) is 0 Å². The molecule has 1 saturated carbocycles. The molecule has 1 atom stereocenters. The van der Waals surface area contributed by atoms with Gasteiger partial charge in [0.1, 0.15) is 17.5 Å². The summed E-state index contributed by atoms with van der Waals surface area (Å²) in [5.41, 5.74) is 0. The molecule has 0 aromatic carbocycles. The SMILES string of the molecule is CCn1ccnc1CN1CCN(Cc2nnc(C3CC3)n2C)CC1C. The van der Waals surface area contributed by atoms with Gasteiger partial charge < -0.3 is 9.13 Å². The minimum Gasteiger partial charge on any atom is -0.334 e. The van der Waals surface area contributed by atoms with Crippen LogP contribution >= 0.6 is 0 Å². The van der Waals surface area contributed by atoms with E-state index in [4.69, 9.17) is 0 Å². The summed E-state index contributed by atoms with van der Waals surface area (Å²) in [5, 5.41) is 8.85. The summed E-state index contributed by atoms with van der Waals surface area (Å²) >= 11 is 0. The van der Waals surface area contributed by atoms with Gasteiger partial charge in [0.15, 0.2) is 0 Å². The molecular weight excluding hydrogens is 314 g/mol. The Kier molecular flexibility index (Phi) is 4.60. The van der Waals surface area contributed by atoms with Crippen molar-refractivity contribution in [1.29, 1.82) is 0 Å². The standard InChI is InChI=1S/C18H29N7/c1-4-24-8-7-19-16(24)13-25-10-9-23(11-14(25)2)12-17-20-21-18(22(17)3)15-5-6-15/h7-8,14-15H,4-6,9-13H2,1-3H3. The Labute approximate surface area is 149 Å². The second kappa shape index (κ2) is 6.88. The van der Waals surface area contributed by atoms with Crippen LogP contribution in [0.3, 0.4) is 0 Å². The van der Waals surface area contributed by atoms with Gasteiger partial charge in [0.05, 0.1) is 13.1 Å². The normalized spacial score (nSPS) is 22.6. The number of aromatic nitrogens is 5. The summed E-state index contributed by atoms with van der Waals surface area (Å²) in [7, 11) is 2.12. The lowest BCUT2D eigenvalue weighted by Gasteiger charge is -2.39. The number of piperazine rings is 1. The van der Waals surface area contributed by atoms with Gasteiger partial charge in [0, 0.05) is 57.6 Å². The maximum absolute atomic E-state index is 4.53. The van der Waals surface area contributed by atoms with Crippen LogP contribution in [0.2, 0.25) is 0 Å². The van der Waals surface area contributed by atoms with E-state index in [9.17, 15) is 0 Å². The lowest BCUT2D eigenvalue weighted by atomic mass is 10.2. The molecule has 2 aliphatic rings. The highest BCUT2D eigenvalue weighted by Crippen LogP contribution is 2.38. The van der Waals surface area contributed by atoms with E-state index < -0.39 is 0 Å². The van der Waals surface area contributed by atoms with Crippen molar-refractivity contribution in [2.75, 3.05) is 19.6 Å². The molecule has 0 bridgehead atoms. The molecule has 1 aliphatic carbocycles. The predicted octanol–water partition coefficient (Wildman–Crippen LogP) is 1.62. The summed E-state index contributed by atoms with van der Waals surface area (Å²) < 4.78 is 4.45. The van der Waals surface area contributed by atoms with E-state index in [1.165, 1.54) is 24.5 Å². The Morgan fingerprint density at radius 2 is 1.96 bits per heavy atom. The van der Waals surface area contributed by atoms with Crippen LogP contribution in [-0.2, 0) is 26.7 Å². The number of hydrogen-bond acceptors (Lipinski definition) is 5. The molecule has 2 fully saturated rings. The highest BCUT2D eigenvalue weighted by atomic mass is 15.3. The van der Waals surface area contributed by atoms with Gasteiger partial charge in [-0.15, -0.1) is 10.2 Å². The predicted molar refractivity (Wildman–Crippen MR) is 96.0 cm³/mol. The average molecular weight is 343 g/mol. The summed E-state index contributed by atoms with van der Waals surface area (Å²) in [6.45, 7) is 10.5. The summed E-state index contributed by atoms with van der Waals surface area (Å²) in [5.74, 6) is 4.10. The Bertz CT molecular complexity index is 715. The minimum absolute atomic E-state index is 0.520. The van der Waals surface area contributed by atoms with Crippen LogP contribution in [-0.4, -0.2) is 59.8 Å². The Balaban J connectivity index is 1.35. The quantitative estimate of drug-likeness (QED) is 0.798. The average Bonchev–Trinajstić information content (AvgIpc) is 3.24. The van der Waals surface area contributed by atoms with E-state index in [1.807, 2.05) is 6.20 Å². The second-order valence-electron chi connectivity index (χ2n) is 7.49. The fourth-order valence-electron chi connectivity index (χ4n) is 3.82. The number of aryl methyl sites for hydroxylation is 1. The van der Waals surface area contributed by atoms with Crippen LogP contribution in [0.15, 0.2) is 12.4 Å². The lowest BCUT2D eigenvalue weighted by Crippen LogP contribution is -2.51. The Hall–Kier alpha value is -1.73. The number of hydrogen-bond donors (Lipinski definition) is 0. The largest absolute Gasteiger partial charge is 0.334 e. The van der Waals surface area contributed by atoms with Crippen LogP contribution in [0.1, 0.15) is 50.1 Å². The second-order valence-corrected chi connectivity index (χ2v) is 7.49. The molecule has 4 rings (SSSR count). The zero-order valence-corrected chi connectivity index (χ0v) is 15.6. The van der Waals surface area contributed by atoms with E-state index >= 15 is 0 Å². The monoisotopic (exact) mass is 343 g/mol. The topological polar surface area (TPSA) is 55.0 Å². The van der Waals surface area contributed by atoms with Gasteiger partial charge in [-0.2, -0.15) is 0 Å². The molecule has 0 radical (unpaired) electrons. The third-order valence-corrected chi connectivity index (χ3v) is 5.64. The Morgan fingerprint density at radius 1 is 1.12 bits per heavy atom. The molecule has 1 saturated heterocycles. The third kappa shape index (κ3) is 3.48. The molecule has 1 unspecified atom stereocenters. The van der Waals surface area contributed by atoms with Crippen molar-refractivity contribution in [3.8, 4) is 0 Å². The van der Waals surface area contributed by atoms with Gasteiger partial charge in [-0.3, -0.25) is 9.80 Å². The van der Waals surface area contributed by atoms with Gasteiger partial charge in [-0.1, -0.05) is 0 Å². The van der Waals surface area contributed by atoms with E-state index in [2.05, 4.69) is 61.2 Å². The van der Waals surface area contributed by atoms with Crippen LogP contribution < -0.4 is 0 Å². The minimum atomic E-state index is 0.520. The molecular formula is C18H29N7. The molecule has 2 aromatic heterocycles. The molecule has 25 heavy (non-hydrogen) atoms. The highest BCUT2D eigenvalue weighted by molar-refractivity contribution is 5.08. The first-order valence-electron chi connectivity index (χ1n) is 9.50. The van der Waals surface area contributed by atoms with Crippen molar-refractivity contribution in [2.24, 2.45) is 7.05 Å². The van der Waals surface area contributed by atoms with Crippen molar-refractivity contribution in [2.45, 2.75) is 58.3 Å². The molecule has 1 aliphatic heterocycles. The van der Waals surface area contributed by atoms with E-state index in [1.54, 1.807) is 0 Å². The van der Waals surface area contributed by atoms with Gasteiger partial charge >= 0.3 is 0 Å². The van der Waals surface area contributed by atoms with Crippen LogP contribution in [0.5, 0.6) is 0 Å². The van der Waals surface area contributed by atoms with Crippen LogP contribution in [0.4, 0.5) is 0 Å². The van der Waals surface area contributed by atoms with Gasteiger partial charge in [-0.25, -0.2) is 4.98 Å². The van der Waals surface area contributed by atoms with Gasteiger partial charge in [0.2, 0.25) is 0 Å². The lowest BCUT2D eigenvalue weighted by molar-refractivity contribution is 0.0685. The van der Waals surface area contributed by atoms with Crippen molar-refractivity contribution in [1.82, 2.24) is 34.1 Å². The summed E-state index contributed by atoms with van der Waals surface area (Å²) in [6, 6.07) is 0.520. The molecule has 0 N–H and O–H groups in total. The maximum Gasteiger partial charge on any atom is 0.146 e. The molecule has 7 nitrogen and oxygen atoms in total. The molecule has 7 heteroatoms. The molecule has 3 heterocycles. The fourth-order valence-corrected chi connectivity index (χ4v) is 3.82. The number of imidazole rings is 1. The van der Waals surface area contributed by atoms with Crippen molar-refractivity contribution >= 4 is 0 Å². The first-order chi connectivity index (χ1) is 12.2. The smallest absolute Gasteiger partial charge is 0.146 e. The number of rotatable bonds is 6. The van der Waals surface area contributed by atoms with Crippen LogP contribution in [0.25, 0.3) is 0 Å². The molecule has 0 amide bonds. The zero-order chi connectivity index (χ0) is 17.4. The first-order valence-corrected chi connectivity index (χ1v) is 9.50. The summed E-state index contributed by atoms with van der Waals surface area (Å²) in [6.07, 6.45) is 6.53. The van der Waals surface area contributed by atoms with E-state index in [-0.39, 0.29) is 0 Å². The number of nitrogens with zero attached hydrogens (tertiary/aromatic N) is 7. The third-order valence-electron chi connectivity index (χ3n) is 5.64. The van der Waals surface area contributed by atoms with Crippen LogP contribution in [0, 0.1) is 0 Å². The molecule has 2 aromatic rings. The maximum atomic E-state index is 4.53. The molecule has 136 valence electrons. The molecule has 0 spiro atoms. The van der Waals surface area contributed by atoms with Crippen molar-refractivity contribution in [3.05, 3.63) is 29.9 Å². The van der Waals surface area contributed by atoms with E-state index in [0.29, 0.717) is 12.0 Å². The summed E-state index contributed by atoms with van der Waals surface area (Å²) in [4.78, 5) is 9.57. The first kappa shape index (κ1) is 16.7. The van der Waals surface area contributed by atoms with Crippen molar-refractivity contribution in [3.63, 3.8) is 0 Å². The van der Waals surface area contributed by atoms with Crippen molar-refractivity contribution < 1.29 is 0 Å². The Morgan fingerprint density at radius 3 is 2.68 bits per heavy atom. The van der Waals surface area contributed by atoms with Gasteiger partial charge in [-0.05, 0) is 26.7 Å². The highest BCUT2D eigenvalue weighted by Gasteiger charge is 2.30. The fraction of sp³-hybridized carbons (Fsp3) is 0.722.